The molecule has 0 bridgehead atoms. The Kier molecular flexibility index (Phi) is 2.88. The molecule has 12 heavy (non-hydrogen) atoms. The van der Waals surface area contributed by atoms with Crippen LogP contribution in [0.3, 0.4) is 0 Å². The van der Waals surface area contributed by atoms with E-state index in [0.29, 0.717) is 0 Å². The first-order valence-corrected chi connectivity index (χ1v) is 5.24. The summed E-state index contributed by atoms with van der Waals surface area (Å²) in [6, 6.07) is 0. The van der Waals surface area contributed by atoms with Gasteiger partial charge in [0.15, 0.2) is 0 Å². The van der Waals surface area contributed by atoms with Crippen LogP contribution in [-0.2, 0) is 10.0 Å². The maximum absolute atomic E-state index is 11.0. The fourth-order valence-electron chi connectivity index (χ4n) is 0.555. The van der Waals surface area contributed by atoms with Gasteiger partial charge in [-0.25, -0.2) is 13.5 Å². The molecule has 0 amide bonds. The van der Waals surface area contributed by atoms with Crippen LogP contribution in [0.2, 0.25) is 0 Å². The Morgan fingerprint density at radius 3 is 2.92 bits per heavy atom. The molecule has 0 fully saturated rings. The van der Waals surface area contributed by atoms with E-state index in [-0.39, 0.29) is 17.6 Å². The summed E-state index contributed by atoms with van der Waals surface area (Å²) in [5.41, 5.74) is 0. The monoisotopic (exact) mass is 210 g/mol. The molecule has 0 spiro atoms. The van der Waals surface area contributed by atoms with Crippen LogP contribution < -0.4 is 4.72 Å². The number of halogens is 1. The maximum atomic E-state index is 11.0. The van der Waals surface area contributed by atoms with Crippen LogP contribution in [0.15, 0.2) is 6.33 Å². The Morgan fingerprint density at radius 2 is 2.42 bits per heavy atom. The molecule has 1 heterocycles. The third kappa shape index (κ3) is 2.67. The van der Waals surface area contributed by atoms with Gasteiger partial charge in [-0.15, -0.1) is 11.6 Å². The van der Waals surface area contributed by atoms with Crippen LogP contribution in [0.25, 0.3) is 0 Å². The third-order valence-corrected chi connectivity index (χ3v) is 2.67. The summed E-state index contributed by atoms with van der Waals surface area (Å²) in [6.45, 7) is 0. The molecule has 0 saturated heterocycles. The van der Waals surface area contributed by atoms with Crippen LogP contribution in [0.4, 0.5) is 5.95 Å². The first kappa shape index (κ1) is 9.27. The number of H-pyrrole nitrogens is 1. The van der Waals surface area contributed by atoms with Crippen molar-refractivity contribution in [3.63, 3.8) is 0 Å². The topological polar surface area (TPSA) is 87.7 Å². The van der Waals surface area contributed by atoms with E-state index in [4.69, 9.17) is 11.6 Å². The van der Waals surface area contributed by atoms with Crippen molar-refractivity contribution in [3.05, 3.63) is 6.33 Å². The number of aromatic amines is 1. The highest BCUT2D eigenvalue weighted by Gasteiger charge is 2.10. The Labute approximate surface area is 74.4 Å². The molecule has 1 aromatic heterocycles. The van der Waals surface area contributed by atoms with Crippen molar-refractivity contribution in [2.45, 2.75) is 0 Å². The summed E-state index contributed by atoms with van der Waals surface area (Å²) in [7, 11) is -3.37. The van der Waals surface area contributed by atoms with Crippen molar-refractivity contribution in [1.82, 2.24) is 15.2 Å². The summed E-state index contributed by atoms with van der Waals surface area (Å²) < 4.78 is 24.2. The third-order valence-electron chi connectivity index (χ3n) is 1.01. The Morgan fingerprint density at radius 1 is 1.67 bits per heavy atom. The zero-order chi connectivity index (χ0) is 9.03. The Bertz CT molecular complexity index is 321. The highest BCUT2D eigenvalue weighted by atomic mass is 35.5. The van der Waals surface area contributed by atoms with Crippen molar-refractivity contribution in [3.8, 4) is 0 Å². The minimum Gasteiger partial charge on any atom is -0.252 e. The SMILES string of the molecule is O=S(=O)(CCCl)Nc1ncn[nH]1. The smallest absolute Gasteiger partial charge is 0.236 e. The van der Waals surface area contributed by atoms with Crippen molar-refractivity contribution in [2.24, 2.45) is 0 Å². The molecule has 0 aliphatic rings. The van der Waals surface area contributed by atoms with Gasteiger partial charge in [-0.1, -0.05) is 0 Å². The lowest BCUT2D eigenvalue weighted by Gasteiger charge is -2.00. The molecule has 0 atom stereocenters. The van der Waals surface area contributed by atoms with Crippen molar-refractivity contribution in [2.75, 3.05) is 16.4 Å². The Hall–Kier alpha value is -0.820. The molecule has 0 aromatic carbocycles. The van der Waals surface area contributed by atoms with Gasteiger partial charge in [-0.3, -0.25) is 4.72 Å². The van der Waals surface area contributed by atoms with E-state index >= 15 is 0 Å². The fraction of sp³-hybridized carbons (Fsp3) is 0.500. The number of aromatic nitrogens is 3. The first-order chi connectivity index (χ1) is 5.64. The van der Waals surface area contributed by atoms with E-state index in [1.165, 1.54) is 6.33 Å². The van der Waals surface area contributed by atoms with Gasteiger partial charge in [0.25, 0.3) is 0 Å². The molecule has 0 unspecified atom stereocenters. The molecule has 0 saturated carbocycles. The highest BCUT2D eigenvalue weighted by Crippen LogP contribution is 1.98. The number of rotatable bonds is 4. The summed E-state index contributed by atoms with van der Waals surface area (Å²) in [5, 5.41) is 5.83. The second-order valence-electron chi connectivity index (χ2n) is 1.94. The zero-order valence-corrected chi connectivity index (χ0v) is 7.56. The van der Waals surface area contributed by atoms with Gasteiger partial charge in [-0.2, -0.15) is 10.1 Å². The molecular formula is C4H7ClN4O2S. The number of sulfonamides is 1. The number of nitrogens with zero attached hydrogens (tertiary/aromatic N) is 2. The molecule has 0 radical (unpaired) electrons. The number of hydrogen-bond acceptors (Lipinski definition) is 4. The summed E-state index contributed by atoms with van der Waals surface area (Å²) in [4.78, 5) is 3.58. The molecule has 0 aliphatic heterocycles. The minimum atomic E-state index is -3.37. The molecule has 8 heteroatoms. The normalized spacial score (nSPS) is 11.4. The predicted molar refractivity (Wildman–Crippen MR) is 44.5 cm³/mol. The van der Waals surface area contributed by atoms with Gasteiger partial charge in [-0.05, 0) is 0 Å². The van der Waals surface area contributed by atoms with Crippen molar-refractivity contribution in [1.29, 1.82) is 0 Å². The lowest BCUT2D eigenvalue weighted by Crippen LogP contribution is -2.18. The number of hydrogen-bond donors (Lipinski definition) is 2. The molecule has 68 valence electrons. The zero-order valence-electron chi connectivity index (χ0n) is 5.99. The highest BCUT2D eigenvalue weighted by molar-refractivity contribution is 7.92. The van der Waals surface area contributed by atoms with Gasteiger partial charge in [0.2, 0.25) is 16.0 Å². The van der Waals surface area contributed by atoms with Gasteiger partial charge in [0.05, 0.1) is 5.75 Å². The average molecular weight is 211 g/mol. The van der Waals surface area contributed by atoms with Gasteiger partial charge >= 0.3 is 0 Å². The number of nitrogens with one attached hydrogen (secondary N) is 2. The minimum absolute atomic E-state index is 0.0451. The largest absolute Gasteiger partial charge is 0.252 e. The van der Waals surface area contributed by atoms with Crippen LogP contribution in [0, 0.1) is 0 Å². The summed E-state index contributed by atoms with van der Waals surface area (Å²) in [6.07, 6.45) is 1.21. The van der Waals surface area contributed by atoms with E-state index in [1.807, 2.05) is 0 Å². The van der Waals surface area contributed by atoms with Crippen molar-refractivity contribution >= 4 is 27.6 Å². The first-order valence-electron chi connectivity index (χ1n) is 3.06. The molecule has 0 aliphatic carbocycles. The van der Waals surface area contributed by atoms with Crippen LogP contribution in [-0.4, -0.2) is 35.2 Å². The van der Waals surface area contributed by atoms with Crippen LogP contribution in [0.1, 0.15) is 0 Å². The van der Waals surface area contributed by atoms with Crippen LogP contribution in [0.5, 0.6) is 0 Å². The van der Waals surface area contributed by atoms with E-state index in [9.17, 15) is 8.42 Å². The van der Waals surface area contributed by atoms with E-state index < -0.39 is 10.0 Å². The molecule has 2 N–H and O–H groups in total. The Balaban J connectivity index is 2.63. The fourth-order valence-corrected chi connectivity index (χ4v) is 1.86. The second-order valence-corrected chi connectivity index (χ2v) is 4.16. The van der Waals surface area contributed by atoms with E-state index in [0.717, 1.165) is 0 Å². The van der Waals surface area contributed by atoms with Gasteiger partial charge in [0, 0.05) is 5.88 Å². The van der Waals surface area contributed by atoms with Gasteiger partial charge < -0.3 is 0 Å². The summed E-state index contributed by atoms with van der Waals surface area (Å²) in [5.74, 6) is -0.00116. The van der Waals surface area contributed by atoms with E-state index in [2.05, 4.69) is 19.9 Å². The molecule has 6 nitrogen and oxygen atoms in total. The van der Waals surface area contributed by atoms with Gasteiger partial charge in [0.1, 0.15) is 6.33 Å². The predicted octanol–water partition coefficient (Wildman–Crippen LogP) is -0.215. The van der Waals surface area contributed by atoms with Crippen LogP contribution >= 0.6 is 11.6 Å². The number of alkyl halides is 1. The quantitative estimate of drug-likeness (QED) is 0.673. The molecule has 1 aromatic rings. The number of anilines is 1. The summed E-state index contributed by atoms with van der Waals surface area (Å²) >= 11 is 5.26. The molecule has 1 rings (SSSR count). The molecular weight excluding hydrogens is 204 g/mol. The second kappa shape index (κ2) is 3.72. The van der Waals surface area contributed by atoms with E-state index in [1.54, 1.807) is 0 Å². The van der Waals surface area contributed by atoms with Crippen molar-refractivity contribution < 1.29 is 8.42 Å². The maximum Gasteiger partial charge on any atom is 0.236 e. The lowest BCUT2D eigenvalue weighted by atomic mass is 11.0. The lowest BCUT2D eigenvalue weighted by molar-refractivity contribution is 0.602. The standard InChI is InChI=1S/C4H7ClN4O2S/c5-1-2-12(10,11)9-4-6-3-7-8-4/h3H,1-2H2,(H2,6,7,8,9). The average Bonchev–Trinajstić information content (AvgIpc) is 2.38.